The summed E-state index contributed by atoms with van der Waals surface area (Å²) in [4.78, 5) is 16.3. The van der Waals surface area contributed by atoms with Gasteiger partial charge in [-0.2, -0.15) is 18.3 Å². The van der Waals surface area contributed by atoms with Gasteiger partial charge in [0, 0.05) is 43.3 Å². The van der Waals surface area contributed by atoms with Crippen molar-refractivity contribution < 1.29 is 18.0 Å². The molecule has 0 aliphatic carbocycles. The van der Waals surface area contributed by atoms with Crippen molar-refractivity contribution in [3.63, 3.8) is 0 Å². The molecule has 4 rings (SSSR count). The van der Waals surface area contributed by atoms with E-state index in [9.17, 15) is 18.0 Å². The number of hydrogen-bond acceptors (Lipinski definition) is 4. The third-order valence-corrected chi connectivity index (χ3v) is 4.89. The lowest BCUT2D eigenvalue weighted by atomic mass is 10.1. The van der Waals surface area contributed by atoms with E-state index in [2.05, 4.69) is 20.7 Å². The minimum Gasteiger partial charge on any atom is -0.365 e. The fourth-order valence-electron chi connectivity index (χ4n) is 3.14. The second-order valence-electron chi connectivity index (χ2n) is 7.29. The summed E-state index contributed by atoms with van der Waals surface area (Å²) in [7, 11) is 0. The maximum Gasteiger partial charge on any atom is 0.416 e. The Labute approximate surface area is 188 Å². The van der Waals surface area contributed by atoms with Gasteiger partial charge in [0.1, 0.15) is 5.82 Å². The van der Waals surface area contributed by atoms with Gasteiger partial charge in [-0.05, 0) is 47.5 Å². The highest BCUT2D eigenvalue weighted by Crippen LogP contribution is 2.30. The first-order valence-corrected chi connectivity index (χ1v) is 10.1. The summed E-state index contributed by atoms with van der Waals surface area (Å²) in [6.45, 7) is 0.835. The number of rotatable bonds is 7. The molecule has 4 aromatic rings. The molecule has 1 amide bonds. The Morgan fingerprint density at radius 2 is 1.76 bits per heavy atom. The monoisotopic (exact) mass is 451 g/mol. The number of carbonyl (C=O) groups is 1. The summed E-state index contributed by atoms with van der Waals surface area (Å²) in [5, 5.41) is 10.3. The highest BCUT2D eigenvalue weighted by atomic mass is 19.4. The number of nitrogens with zero attached hydrogens (tertiary/aromatic N) is 3. The van der Waals surface area contributed by atoms with Crippen molar-refractivity contribution in [3.8, 4) is 5.69 Å². The molecule has 33 heavy (non-hydrogen) atoms. The molecule has 0 spiro atoms. The van der Waals surface area contributed by atoms with Crippen LogP contribution in [0.15, 0.2) is 85.3 Å². The molecular formula is C24H20F3N5O. The molecule has 6 nitrogen and oxygen atoms in total. The number of benzene rings is 2. The summed E-state index contributed by atoms with van der Waals surface area (Å²) in [5.74, 6) is 0.337. The van der Waals surface area contributed by atoms with Gasteiger partial charge in [-0.1, -0.05) is 24.3 Å². The largest absolute Gasteiger partial charge is 0.416 e. The van der Waals surface area contributed by atoms with Crippen molar-refractivity contribution in [2.45, 2.75) is 19.3 Å². The fourth-order valence-corrected chi connectivity index (χ4v) is 3.14. The van der Waals surface area contributed by atoms with Gasteiger partial charge in [-0.25, -0.2) is 4.68 Å². The number of pyridine rings is 1. The van der Waals surface area contributed by atoms with Crippen LogP contribution in [0.1, 0.15) is 27.0 Å². The highest BCUT2D eigenvalue weighted by Gasteiger charge is 2.30. The Morgan fingerprint density at radius 1 is 0.939 bits per heavy atom. The zero-order chi connectivity index (χ0) is 23.3. The van der Waals surface area contributed by atoms with E-state index in [1.807, 2.05) is 24.3 Å². The molecule has 0 fully saturated rings. The summed E-state index contributed by atoms with van der Waals surface area (Å²) < 4.78 is 40.2. The van der Waals surface area contributed by atoms with Gasteiger partial charge < -0.3 is 10.6 Å². The molecule has 0 bridgehead atoms. The highest BCUT2D eigenvalue weighted by molar-refractivity contribution is 5.94. The minimum absolute atomic E-state index is 0.182. The molecule has 0 unspecified atom stereocenters. The van der Waals surface area contributed by atoms with E-state index < -0.39 is 11.7 Å². The van der Waals surface area contributed by atoms with Gasteiger partial charge in [0.2, 0.25) is 0 Å². The Morgan fingerprint density at radius 3 is 2.48 bits per heavy atom. The zero-order valence-corrected chi connectivity index (χ0v) is 17.4. The maximum absolute atomic E-state index is 12.9. The van der Waals surface area contributed by atoms with Crippen LogP contribution in [-0.4, -0.2) is 20.7 Å². The average molecular weight is 451 g/mol. The SMILES string of the molecule is O=C(NCc1cccnc1)c1ccc(CNc2ccn(-c3cccc(C(F)(F)F)c3)n2)cc1. The summed E-state index contributed by atoms with van der Waals surface area (Å²) >= 11 is 0. The molecule has 2 heterocycles. The first-order valence-electron chi connectivity index (χ1n) is 10.1. The molecule has 0 aliphatic rings. The first-order chi connectivity index (χ1) is 15.9. The zero-order valence-electron chi connectivity index (χ0n) is 17.4. The number of halogens is 3. The van der Waals surface area contributed by atoms with Crippen molar-refractivity contribution in [2.75, 3.05) is 5.32 Å². The lowest BCUT2D eigenvalue weighted by molar-refractivity contribution is -0.137. The number of hydrogen-bond donors (Lipinski definition) is 2. The van der Waals surface area contributed by atoms with Crippen LogP contribution in [0.4, 0.5) is 19.0 Å². The van der Waals surface area contributed by atoms with Crippen molar-refractivity contribution in [1.82, 2.24) is 20.1 Å². The second-order valence-corrected chi connectivity index (χ2v) is 7.29. The Bertz CT molecular complexity index is 1220. The van der Waals surface area contributed by atoms with E-state index >= 15 is 0 Å². The van der Waals surface area contributed by atoms with Gasteiger partial charge in [0.05, 0.1) is 11.3 Å². The van der Waals surface area contributed by atoms with Crippen LogP contribution in [0.25, 0.3) is 5.69 Å². The number of carbonyl (C=O) groups excluding carboxylic acids is 1. The molecule has 0 saturated heterocycles. The van der Waals surface area contributed by atoms with Crippen molar-refractivity contribution in [3.05, 3.63) is 108 Å². The minimum atomic E-state index is -4.41. The van der Waals surface area contributed by atoms with Crippen LogP contribution in [0.3, 0.4) is 0 Å². The lowest BCUT2D eigenvalue weighted by Crippen LogP contribution is -2.22. The van der Waals surface area contributed by atoms with Gasteiger partial charge in [-0.3, -0.25) is 9.78 Å². The molecule has 9 heteroatoms. The lowest BCUT2D eigenvalue weighted by Gasteiger charge is -2.09. The number of anilines is 1. The van der Waals surface area contributed by atoms with Crippen molar-refractivity contribution in [2.24, 2.45) is 0 Å². The second kappa shape index (κ2) is 9.56. The standard InChI is InChI=1S/C24H20F3N5O/c25-24(26,27)20-4-1-5-21(13-20)32-12-10-22(31-32)29-15-17-6-8-19(9-7-17)23(33)30-16-18-3-2-11-28-14-18/h1-14H,15-16H2,(H,29,31)(H,30,33). The molecule has 168 valence electrons. The Hall–Kier alpha value is -4.14. The molecule has 2 aromatic heterocycles. The van der Waals surface area contributed by atoms with E-state index in [1.165, 1.54) is 10.7 Å². The van der Waals surface area contributed by atoms with Crippen molar-refractivity contribution >= 4 is 11.7 Å². The maximum atomic E-state index is 12.9. The molecule has 0 atom stereocenters. The normalized spacial score (nSPS) is 11.2. The number of nitrogens with one attached hydrogen (secondary N) is 2. The summed E-state index contributed by atoms with van der Waals surface area (Å²) in [6.07, 6.45) is 0.552. The smallest absolute Gasteiger partial charge is 0.365 e. The topological polar surface area (TPSA) is 71.8 Å². The van der Waals surface area contributed by atoms with E-state index in [4.69, 9.17) is 0 Å². The predicted octanol–water partition coefficient (Wildman–Crippen LogP) is 4.83. The van der Waals surface area contributed by atoms with E-state index in [0.717, 1.165) is 23.3 Å². The molecule has 0 saturated carbocycles. The van der Waals surface area contributed by atoms with Crippen LogP contribution in [0.2, 0.25) is 0 Å². The molecular weight excluding hydrogens is 431 g/mol. The molecule has 0 aliphatic heterocycles. The Balaban J connectivity index is 1.33. The van der Waals surface area contributed by atoms with E-state index in [-0.39, 0.29) is 5.91 Å². The van der Waals surface area contributed by atoms with Crippen molar-refractivity contribution in [1.29, 1.82) is 0 Å². The van der Waals surface area contributed by atoms with Crippen LogP contribution in [0.5, 0.6) is 0 Å². The van der Waals surface area contributed by atoms with Crippen LogP contribution in [0, 0.1) is 0 Å². The molecule has 0 radical (unpaired) electrons. The Kier molecular flexibility index (Phi) is 6.39. The van der Waals surface area contributed by atoms with Gasteiger partial charge >= 0.3 is 6.18 Å². The first kappa shape index (κ1) is 22.1. The summed E-state index contributed by atoms with van der Waals surface area (Å²) in [6, 6.07) is 17.5. The van der Waals surface area contributed by atoms with Gasteiger partial charge in [0.15, 0.2) is 0 Å². The van der Waals surface area contributed by atoms with E-state index in [0.29, 0.717) is 30.2 Å². The number of alkyl halides is 3. The van der Waals surface area contributed by atoms with Crippen LogP contribution < -0.4 is 10.6 Å². The molecule has 2 N–H and O–H groups in total. The number of aromatic nitrogens is 3. The van der Waals surface area contributed by atoms with Gasteiger partial charge in [0.25, 0.3) is 5.91 Å². The number of amides is 1. The molecule has 2 aromatic carbocycles. The third kappa shape index (κ3) is 5.76. The fraction of sp³-hybridized carbons (Fsp3) is 0.125. The predicted molar refractivity (Wildman–Crippen MR) is 118 cm³/mol. The van der Waals surface area contributed by atoms with Crippen LogP contribution in [-0.2, 0) is 19.3 Å². The van der Waals surface area contributed by atoms with Crippen LogP contribution >= 0.6 is 0 Å². The van der Waals surface area contributed by atoms with E-state index in [1.54, 1.807) is 42.9 Å². The summed E-state index contributed by atoms with van der Waals surface area (Å²) in [5.41, 5.74) is 1.97. The quantitative estimate of drug-likeness (QED) is 0.422. The third-order valence-electron chi connectivity index (χ3n) is 4.89. The van der Waals surface area contributed by atoms with Gasteiger partial charge in [-0.15, -0.1) is 0 Å². The average Bonchev–Trinajstić information content (AvgIpc) is 3.31.